The summed E-state index contributed by atoms with van der Waals surface area (Å²) in [5.74, 6) is -0.450. The number of amides is 4. The van der Waals surface area contributed by atoms with Gasteiger partial charge < -0.3 is 4.74 Å². The van der Waals surface area contributed by atoms with Gasteiger partial charge in [-0.25, -0.2) is 9.69 Å². The molecule has 0 saturated carbocycles. The Morgan fingerprint density at radius 1 is 1.04 bits per heavy atom. The normalized spacial score (nSPS) is 12.7. The molecule has 1 heterocycles. The molecule has 6 nitrogen and oxygen atoms in total. The molecule has 116 valence electrons. The lowest BCUT2D eigenvalue weighted by atomic mass is 10.2. The standard InChI is InChI=1S/C17H14N2O4/c20-15(11-23-13-7-2-1-3-8-13)18-17(22)19-14-9-5-4-6-12(14)10-16(19)21/h1-9H,10-11H2,(H,18,20,22). The number of urea groups is 1. The average Bonchev–Trinajstić information content (AvgIpc) is 2.89. The van der Waals surface area contributed by atoms with Gasteiger partial charge in [-0.15, -0.1) is 0 Å². The van der Waals surface area contributed by atoms with E-state index in [1.54, 1.807) is 48.5 Å². The summed E-state index contributed by atoms with van der Waals surface area (Å²) in [6, 6.07) is 15.0. The molecule has 3 rings (SSSR count). The maximum Gasteiger partial charge on any atom is 0.335 e. The monoisotopic (exact) mass is 310 g/mol. The quantitative estimate of drug-likeness (QED) is 0.939. The van der Waals surface area contributed by atoms with Gasteiger partial charge >= 0.3 is 6.03 Å². The number of benzene rings is 2. The van der Waals surface area contributed by atoms with Crippen LogP contribution in [-0.2, 0) is 16.0 Å². The van der Waals surface area contributed by atoms with Crippen molar-refractivity contribution in [2.45, 2.75) is 6.42 Å². The van der Waals surface area contributed by atoms with Gasteiger partial charge in [0.1, 0.15) is 5.75 Å². The summed E-state index contributed by atoms with van der Waals surface area (Å²) in [6.45, 7) is -0.306. The topological polar surface area (TPSA) is 75.7 Å². The molecule has 0 aromatic heterocycles. The molecule has 0 bridgehead atoms. The molecule has 4 amide bonds. The van der Waals surface area contributed by atoms with E-state index < -0.39 is 11.9 Å². The molecule has 6 heteroatoms. The van der Waals surface area contributed by atoms with Crippen molar-refractivity contribution in [2.75, 3.05) is 11.5 Å². The van der Waals surface area contributed by atoms with E-state index in [1.165, 1.54) is 0 Å². The predicted molar refractivity (Wildman–Crippen MR) is 83.1 cm³/mol. The summed E-state index contributed by atoms with van der Waals surface area (Å²) in [5.41, 5.74) is 1.27. The summed E-state index contributed by atoms with van der Waals surface area (Å²) in [5, 5.41) is 2.17. The maximum atomic E-state index is 12.2. The fourth-order valence-corrected chi connectivity index (χ4v) is 2.35. The molecule has 0 radical (unpaired) electrons. The Kier molecular flexibility index (Phi) is 4.05. The smallest absolute Gasteiger partial charge is 0.335 e. The zero-order valence-electron chi connectivity index (χ0n) is 12.2. The molecule has 0 unspecified atom stereocenters. The molecule has 2 aromatic rings. The Labute approximate surface area is 132 Å². The summed E-state index contributed by atoms with van der Waals surface area (Å²) in [6.07, 6.45) is 0.151. The van der Waals surface area contributed by atoms with Crippen LogP contribution in [0.1, 0.15) is 5.56 Å². The number of ether oxygens (including phenoxy) is 1. The fourth-order valence-electron chi connectivity index (χ4n) is 2.35. The first-order valence-electron chi connectivity index (χ1n) is 7.07. The predicted octanol–water partition coefficient (Wildman–Crippen LogP) is 1.89. The lowest BCUT2D eigenvalue weighted by Crippen LogP contribution is -2.46. The molecule has 0 aliphatic carbocycles. The van der Waals surface area contributed by atoms with Gasteiger partial charge in [-0.3, -0.25) is 14.9 Å². The van der Waals surface area contributed by atoms with Crippen LogP contribution >= 0.6 is 0 Å². The van der Waals surface area contributed by atoms with E-state index in [9.17, 15) is 14.4 Å². The highest BCUT2D eigenvalue weighted by Crippen LogP contribution is 2.28. The second-order valence-electron chi connectivity index (χ2n) is 4.99. The number of nitrogens with zero attached hydrogens (tertiary/aromatic N) is 1. The first-order chi connectivity index (χ1) is 11.1. The van der Waals surface area contributed by atoms with Crippen molar-refractivity contribution < 1.29 is 19.1 Å². The SMILES string of the molecule is O=C(COc1ccccc1)NC(=O)N1C(=O)Cc2ccccc21. The first-order valence-corrected chi connectivity index (χ1v) is 7.07. The molecule has 1 aliphatic heterocycles. The average molecular weight is 310 g/mol. The van der Waals surface area contributed by atoms with Crippen molar-refractivity contribution in [3.05, 3.63) is 60.2 Å². The van der Waals surface area contributed by atoms with E-state index in [-0.39, 0.29) is 18.9 Å². The highest BCUT2D eigenvalue weighted by Gasteiger charge is 2.32. The molecule has 23 heavy (non-hydrogen) atoms. The minimum atomic E-state index is -0.762. The van der Waals surface area contributed by atoms with Crippen molar-refractivity contribution in [3.63, 3.8) is 0 Å². The van der Waals surface area contributed by atoms with Gasteiger partial charge in [0.2, 0.25) is 5.91 Å². The molecule has 1 aliphatic rings. The third-order valence-electron chi connectivity index (χ3n) is 3.39. The van der Waals surface area contributed by atoms with Gasteiger partial charge in [0, 0.05) is 0 Å². The number of carbonyl (C=O) groups excluding carboxylic acids is 3. The molecule has 0 saturated heterocycles. The van der Waals surface area contributed by atoms with E-state index >= 15 is 0 Å². The number of hydrogen-bond donors (Lipinski definition) is 1. The van der Waals surface area contributed by atoms with Crippen LogP contribution in [0.15, 0.2) is 54.6 Å². The van der Waals surface area contributed by atoms with Crippen LogP contribution in [0.4, 0.5) is 10.5 Å². The van der Waals surface area contributed by atoms with E-state index in [2.05, 4.69) is 5.32 Å². The number of para-hydroxylation sites is 2. The van der Waals surface area contributed by atoms with Crippen molar-refractivity contribution in [3.8, 4) is 5.75 Å². The molecule has 0 spiro atoms. The number of imide groups is 2. The number of carbonyl (C=O) groups is 3. The lowest BCUT2D eigenvalue weighted by molar-refractivity contribution is -0.121. The van der Waals surface area contributed by atoms with Gasteiger partial charge in [0.05, 0.1) is 12.1 Å². The minimum absolute atomic E-state index is 0.151. The Morgan fingerprint density at radius 3 is 2.52 bits per heavy atom. The van der Waals surface area contributed by atoms with Crippen LogP contribution in [0.25, 0.3) is 0 Å². The second-order valence-corrected chi connectivity index (χ2v) is 4.99. The number of fused-ring (bicyclic) bond motifs is 1. The van der Waals surface area contributed by atoms with Gasteiger partial charge in [-0.05, 0) is 23.8 Å². The Balaban J connectivity index is 1.61. The van der Waals surface area contributed by atoms with Crippen molar-refractivity contribution >= 4 is 23.5 Å². The lowest BCUT2D eigenvalue weighted by Gasteiger charge is -2.15. The number of rotatable bonds is 3. The third-order valence-corrected chi connectivity index (χ3v) is 3.39. The molecular weight excluding hydrogens is 296 g/mol. The van der Waals surface area contributed by atoms with Crippen LogP contribution in [-0.4, -0.2) is 24.5 Å². The second kappa shape index (κ2) is 6.31. The van der Waals surface area contributed by atoms with E-state index in [0.717, 1.165) is 10.5 Å². The fraction of sp³-hybridized carbons (Fsp3) is 0.118. The number of hydrogen-bond acceptors (Lipinski definition) is 4. The van der Waals surface area contributed by atoms with E-state index in [4.69, 9.17) is 4.74 Å². The highest BCUT2D eigenvalue weighted by molar-refractivity contribution is 6.21. The molecule has 1 N–H and O–H groups in total. The van der Waals surface area contributed by atoms with Gasteiger partial charge in [0.15, 0.2) is 6.61 Å². The minimum Gasteiger partial charge on any atom is -0.484 e. The third kappa shape index (κ3) is 3.21. The van der Waals surface area contributed by atoms with Gasteiger partial charge in [-0.1, -0.05) is 36.4 Å². The largest absolute Gasteiger partial charge is 0.484 e. The summed E-state index contributed by atoms with van der Waals surface area (Å²) in [7, 11) is 0. The number of nitrogens with one attached hydrogen (secondary N) is 1. The van der Waals surface area contributed by atoms with E-state index in [0.29, 0.717) is 11.4 Å². The van der Waals surface area contributed by atoms with Gasteiger partial charge in [0.25, 0.3) is 5.91 Å². The van der Waals surface area contributed by atoms with Crippen molar-refractivity contribution in [2.24, 2.45) is 0 Å². The van der Waals surface area contributed by atoms with Crippen LogP contribution in [0, 0.1) is 0 Å². The van der Waals surface area contributed by atoms with Crippen LogP contribution < -0.4 is 15.0 Å². The Hall–Kier alpha value is -3.15. The maximum absolute atomic E-state index is 12.2. The molecule has 2 aromatic carbocycles. The molecule has 0 fully saturated rings. The zero-order valence-corrected chi connectivity index (χ0v) is 12.2. The summed E-state index contributed by atoms with van der Waals surface area (Å²) in [4.78, 5) is 36.9. The van der Waals surface area contributed by atoms with Crippen LogP contribution in [0.2, 0.25) is 0 Å². The van der Waals surface area contributed by atoms with Crippen LogP contribution in [0.5, 0.6) is 5.75 Å². The summed E-state index contributed by atoms with van der Waals surface area (Å²) < 4.78 is 5.26. The Morgan fingerprint density at radius 2 is 1.74 bits per heavy atom. The molecule has 0 atom stereocenters. The first kappa shape index (κ1) is 14.8. The van der Waals surface area contributed by atoms with E-state index in [1.807, 2.05) is 6.07 Å². The zero-order chi connectivity index (χ0) is 16.2. The van der Waals surface area contributed by atoms with Crippen molar-refractivity contribution in [1.82, 2.24) is 5.32 Å². The van der Waals surface area contributed by atoms with Gasteiger partial charge in [-0.2, -0.15) is 0 Å². The molecular formula is C17H14N2O4. The Bertz CT molecular complexity index is 758. The van der Waals surface area contributed by atoms with Crippen molar-refractivity contribution in [1.29, 1.82) is 0 Å². The summed E-state index contributed by atoms with van der Waals surface area (Å²) >= 11 is 0. The number of anilines is 1. The highest BCUT2D eigenvalue weighted by atomic mass is 16.5. The van der Waals surface area contributed by atoms with Crippen LogP contribution in [0.3, 0.4) is 0 Å².